The maximum absolute atomic E-state index is 13.1. The van der Waals surface area contributed by atoms with E-state index in [9.17, 15) is 29.1 Å². The number of fused-ring (bicyclic) bond motifs is 1. The van der Waals surface area contributed by atoms with E-state index in [4.69, 9.17) is 11.5 Å². The third-order valence-corrected chi connectivity index (χ3v) is 6.51. The van der Waals surface area contributed by atoms with E-state index in [1.165, 1.54) is 0 Å². The summed E-state index contributed by atoms with van der Waals surface area (Å²) in [5, 5.41) is 17.9. The Morgan fingerprint density at radius 3 is 2.16 bits per heavy atom. The number of rotatable bonds is 14. The Kier molecular flexibility index (Phi) is 10.8. The van der Waals surface area contributed by atoms with Gasteiger partial charge in [0.1, 0.15) is 18.1 Å². The smallest absolute Gasteiger partial charge is 0.326 e. The molecule has 0 fully saturated rings. The number of carboxylic acid groups (broad SMARTS) is 1. The molecule has 0 radical (unpaired) electrons. The maximum atomic E-state index is 13.1. The van der Waals surface area contributed by atoms with Crippen LogP contribution in [-0.2, 0) is 30.4 Å². The first-order valence-electron chi connectivity index (χ1n) is 12.6. The number of hydrogen-bond donors (Lipinski definition) is 7. The van der Waals surface area contributed by atoms with Crippen molar-refractivity contribution >= 4 is 40.5 Å². The molecule has 5 atom stereocenters. The number of nitrogens with two attached hydrogens (primary N) is 2. The molecule has 0 aliphatic heterocycles. The molecule has 12 heteroatoms. The molecule has 1 aromatic carbocycles. The van der Waals surface area contributed by atoms with Crippen LogP contribution in [0.15, 0.2) is 30.5 Å². The second kappa shape index (κ2) is 13.6. The molecule has 9 N–H and O–H groups in total. The molecule has 1 heterocycles. The average Bonchev–Trinajstić information content (AvgIpc) is 3.26. The number of carboxylic acids is 1. The number of H-pyrrole nitrogens is 1. The van der Waals surface area contributed by atoms with Gasteiger partial charge in [-0.2, -0.15) is 0 Å². The molecule has 2 aromatic rings. The lowest BCUT2D eigenvalue weighted by Crippen LogP contribution is -2.59. The van der Waals surface area contributed by atoms with Crippen LogP contribution in [0.4, 0.5) is 0 Å². The van der Waals surface area contributed by atoms with Crippen molar-refractivity contribution in [1.29, 1.82) is 0 Å². The van der Waals surface area contributed by atoms with Crippen LogP contribution in [0, 0.1) is 11.8 Å². The minimum absolute atomic E-state index is 0.171. The standard InChI is InChI=1S/C26H38N6O6/c1-5-14(4)22(26(37)38)32-25(36)21(13(2)3)31-24(35)19(11-20(28)33)30-23(34)17(27)10-15-12-29-18-9-7-6-8-16(15)18/h6-9,12-14,17,19,21-22,29H,5,10-11,27H2,1-4H3,(H2,28,33)(H,30,34)(H,31,35)(H,32,36)(H,37,38). The molecule has 12 nitrogen and oxygen atoms in total. The van der Waals surface area contributed by atoms with Crippen molar-refractivity contribution in [2.75, 3.05) is 0 Å². The molecule has 208 valence electrons. The number of aliphatic carboxylic acids is 1. The third-order valence-electron chi connectivity index (χ3n) is 6.51. The van der Waals surface area contributed by atoms with E-state index < -0.39 is 66.1 Å². The minimum atomic E-state index is -1.38. The molecule has 0 saturated carbocycles. The van der Waals surface area contributed by atoms with Crippen molar-refractivity contribution in [3.63, 3.8) is 0 Å². The number of aromatic nitrogens is 1. The van der Waals surface area contributed by atoms with E-state index in [0.717, 1.165) is 16.5 Å². The van der Waals surface area contributed by atoms with Crippen LogP contribution >= 0.6 is 0 Å². The van der Waals surface area contributed by atoms with Crippen LogP contribution in [0.3, 0.4) is 0 Å². The summed E-state index contributed by atoms with van der Waals surface area (Å²) in [6, 6.07) is 2.83. The molecule has 1 aromatic heterocycles. The molecule has 0 bridgehead atoms. The molecule has 38 heavy (non-hydrogen) atoms. The quantitative estimate of drug-likeness (QED) is 0.180. The van der Waals surface area contributed by atoms with E-state index in [-0.39, 0.29) is 12.3 Å². The summed E-state index contributed by atoms with van der Waals surface area (Å²) < 4.78 is 0. The Morgan fingerprint density at radius 1 is 0.947 bits per heavy atom. The second-order valence-electron chi connectivity index (χ2n) is 9.84. The van der Waals surface area contributed by atoms with Gasteiger partial charge in [-0.3, -0.25) is 19.2 Å². The SMILES string of the molecule is CCC(C)C(NC(=O)C(NC(=O)C(CC(N)=O)NC(=O)C(N)Cc1c[nH]c2ccccc12)C(C)C)C(=O)O. The largest absolute Gasteiger partial charge is 0.480 e. The predicted molar refractivity (Wildman–Crippen MR) is 142 cm³/mol. The van der Waals surface area contributed by atoms with Crippen molar-refractivity contribution in [3.8, 4) is 0 Å². The number of carbonyl (C=O) groups is 5. The van der Waals surface area contributed by atoms with Gasteiger partial charge in [0.2, 0.25) is 23.6 Å². The second-order valence-corrected chi connectivity index (χ2v) is 9.84. The van der Waals surface area contributed by atoms with Gasteiger partial charge in [0.05, 0.1) is 12.5 Å². The van der Waals surface area contributed by atoms with Gasteiger partial charge in [-0.05, 0) is 29.9 Å². The number of hydrogen-bond acceptors (Lipinski definition) is 6. The van der Waals surface area contributed by atoms with E-state index >= 15 is 0 Å². The number of para-hydroxylation sites is 1. The van der Waals surface area contributed by atoms with Gasteiger partial charge < -0.3 is 37.5 Å². The Balaban J connectivity index is 2.13. The zero-order valence-corrected chi connectivity index (χ0v) is 22.1. The van der Waals surface area contributed by atoms with E-state index in [0.29, 0.717) is 6.42 Å². The fraction of sp³-hybridized carbons (Fsp3) is 0.500. The summed E-state index contributed by atoms with van der Waals surface area (Å²) in [4.78, 5) is 65.3. The fourth-order valence-electron chi connectivity index (χ4n) is 4.03. The average molecular weight is 531 g/mol. The number of aromatic amines is 1. The molecule has 2 rings (SSSR count). The Morgan fingerprint density at radius 2 is 1.58 bits per heavy atom. The van der Waals surface area contributed by atoms with E-state index in [1.807, 2.05) is 24.3 Å². The van der Waals surface area contributed by atoms with Gasteiger partial charge in [-0.25, -0.2) is 4.79 Å². The van der Waals surface area contributed by atoms with Gasteiger partial charge in [-0.15, -0.1) is 0 Å². The Bertz CT molecular complexity index is 1160. The lowest BCUT2D eigenvalue weighted by molar-refractivity contribution is -0.144. The summed E-state index contributed by atoms with van der Waals surface area (Å²) in [6.45, 7) is 6.83. The topological polar surface area (TPSA) is 209 Å². The van der Waals surface area contributed by atoms with Crippen LogP contribution in [0.5, 0.6) is 0 Å². The zero-order chi connectivity index (χ0) is 28.6. The van der Waals surface area contributed by atoms with Gasteiger partial charge >= 0.3 is 5.97 Å². The summed E-state index contributed by atoms with van der Waals surface area (Å²) in [6.07, 6.45) is 1.92. The normalized spacial score (nSPS) is 15.2. The first-order chi connectivity index (χ1) is 17.8. The predicted octanol–water partition coefficient (Wildman–Crippen LogP) is 0.154. The van der Waals surface area contributed by atoms with E-state index in [2.05, 4.69) is 20.9 Å². The summed E-state index contributed by atoms with van der Waals surface area (Å²) >= 11 is 0. The zero-order valence-electron chi connectivity index (χ0n) is 22.1. The van der Waals surface area contributed by atoms with Crippen molar-refractivity contribution in [1.82, 2.24) is 20.9 Å². The summed E-state index contributed by atoms with van der Waals surface area (Å²) in [5.41, 5.74) is 13.1. The number of benzene rings is 1. The number of nitrogens with one attached hydrogen (secondary N) is 4. The molecule has 0 aliphatic carbocycles. The molecule has 5 unspecified atom stereocenters. The highest BCUT2D eigenvalue weighted by Gasteiger charge is 2.33. The molecule has 0 saturated heterocycles. The van der Waals surface area contributed by atoms with Gasteiger partial charge in [-0.1, -0.05) is 52.3 Å². The van der Waals surface area contributed by atoms with Crippen LogP contribution in [-0.4, -0.2) is 63.9 Å². The van der Waals surface area contributed by atoms with Crippen molar-refractivity contribution in [2.24, 2.45) is 23.3 Å². The summed E-state index contributed by atoms with van der Waals surface area (Å²) in [7, 11) is 0. The molecular formula is C26H38N6O6. The van der Waals surface area contributed by atoms with Crippen molar-refractivity contribution in [3.05, 3.63) is 36.0 Å². The number of carbonyl (C=O) groups excluding carboxylic acids is 4. The van der Waals surface area contributed by atoms with Crippen LogP contribution in [0.1, 0.15) is 46.1 Å². The lowest BCUT2D eigenvalue weighted by atomic mass is 9.97. The van der Waals surface area contributed by atoms with Crippen molar-refractivity contribution in [2.45, 2.75) is 71.1 Å². The summed E-state index contributed by atoms with van der Waals surface area (Å²) in [5.74, 6) is -5.00. The van der Waals surface area contributed by atoms with Gasteiger partial charge in [0.25, 0.3) is 0 Å². The molecular weight excluding hydrogens is 492 g/mol. The molecule has 4 amide bonds. The highest BCUT2D eigenvalue weighted by Crippen LogP contribution is 2.19. The Labute approximate surface area is 221 Å². The molecule has 0 aliphatic rings. The van der Waals surface area contributed by atoms with Gasteiger partial charge in [0, 0.05) is 17.1 Å². The van der Waals surface area contributed by atoms with Crippen molar-refractivity contribution < 1.29 is 29.1 Å². The Hall–Kier alpha value is -3.93. The first kappa shape index (κ1) is 30.3. The highest BCUT2D eigenvalue weighted by molar-refractivity contribution is 5.96. The minimum Gasteiger partial charge on any atom is -0.480 e. The van der Waals surface area contributed by atoms with Crippen LogP contribution in [0.2, 0.25) is 0 Å². The maximum Gasteiger partial charge on any atom is 0.326 e. The fourth-order valence-corrected chi connectivity index (χ4v) is 4.03. The number of amides is 4. The monoisotopic (exact) mass is 530 g/mol. The highest BCUT2D eigenvalue weighted by atomic mass is 16.4. The van der Waals surface area contributed by atoms with Crippen LogP contribution < -0.4 is 27.4 Å². The van der Waals surface area contributed by atoms with Gasteiger partial charge in [0.15, 0.2) is 0 Å². The van der Waals surface area contributed by atoms with Crippen LogP contribution in [0.25, 0.3) is 10.9 Å². The molecule has 0 spiro atoms. The first-order valence-corrected chi connectivity index (χ1v) is 12.6. The number of primary amides is 1. The lowest BCUT2D eigenvalue weighted by Gasteiger charge is -2.28. The third kappa shape index (κ3) is 8.04. The van der Waals surface area contributed by atoms with E-state index in [1.54, 1.807) is 33.9 Å².